The Morgan fingerprint density at radius 1 is 1.03 bits per heavy atom. The molecular weight excluding hydrogens is 480 g/mol. The number of carbonyl (C=O) groups is 1. The van der Waals surface area contributed by atoms with Crippen LogP contribution in [0.2, 0.25) is 0 Å². The normalized spacial score (nSPS) is 39.1. The van der Waals surface area contributed by atoms with Crippen LogP contribution in [0.4, 0.5) is 0 Å². The summed E-state index contributed by atoms with van der Waals surface area (Å²) in [5, 5.41) is 9.59. The highest BCUT2D eigenvalue weighted by Crippen LogP contribution is 2.64. The number of Topliss-reactive ketones (excluding diaryl/α,β-unsaturated/α-hetero) is 1. The van der Waals surface area contributed by atoms with Gasteiger partial charge in [0.25, 0.3) is 0 Å². The minimum Gasteiger partial charge on any atom is -0.400 e. The smallest absolute Gasteiger partial charge is 0.320 e. The molecule has 0 radical (unpaired) electrons. The van der Waals surface area contributed by atoms with Gasteiger partial charge in [0.05, 0.1) is 5.75 Å². The van der Waals surface area contributed by atoms with Crippen molar-refractivity contribution in [1.82, 2.24) is 0 Å². The van der Waals surface area contributed by atoms with Crippen LogP contribution in [-0.4, -0.2) is 36.7 Å². The Hall–Kier alpha value is -0.260. The van der Waals surface area contributed by atoms with E-state index in [2.05, 4.69) is 18.2 Å². The summed E-state index contributed by atoms with van der Waals surface area (Å²) in [5.74, 6) is 7.11. The summed E-state index contributed by atoms with van der Waals surface area (Å²) < 4.78 is 31.1. The van der Waals surface area contributed by atoms with E-state index in [0.717, 1.165) is 44.1 Å². The van der Waals surface area contributed by atoms with E-state index in [0.29, 0.717) is 28.5 Å². The zero-order chi connectivity index (χ0) is 24.8. The molecule has 190 valence electrons. The third-order valence-electron chi connectivity index (χ3n) is 8.95. The quantitative estimate of drug-likeness (QED) is 0.276. The standard InChI is InChI=1S/C22H31ClO4S2.C2H6.CH4O/c1-22-10-8-17-16-4-2-14(9-11-23)12-15(16)3-5-18(17)19(22)6-7-20(22)21(24)13-28-29(25,26)27;2*1-2/h14-20H,2-8,10,12-13H2,1H3,(H,25,26,27);1-2H3;2H,1H3. The molecule has 8 atom stereocenters. The Morgan fingerprint density at radius 2 is 1.70 bits per heavy atom. The Bertz CT molecular complexity index is 820. The molecule has 8 heteroatoms. The maximum atomic E-state index is 12.8. The fourth-order valence-electron chi connectivity index (χ4n) is 7.82. The lowest BCUT2D eigenvalue weighted by molar-refractivity contribution is -0.127. The van der Waals surface area contributed by atoms with Gasteiger partial charge < -0.3 is 5.11 Å². The summed E-state index contributed by atoms with van der Waals surface area (Å²) in [4.78, 5) is 12.8. The summed E-state index contributed by atoms with van der Waals surface area (Å²) in [7, 11) is -2.79. The first-order chi connectivity index (χ1) is 15.7. The number of hydrogen-bond acceptors (Lipinski definition) is 5. The maximum absolute atomic E-state index is 12.8. The summed E-state index contributed by atoms with van der Waals surface area (Å²) in [6.07, 6.45) is 10.4. The first kappa shape index (κ1) is 29.0. The second-order valence-electron chi connectivity index (χ2n) is 10.0. The van der Waals surface area contributed by atoms with Crippen molar-refractivity contribution in [3.05, 3.63) is 0 Å². The lowest BCUT2D eigenvalue weighted by atomic mass is 9.49. The molecule has 0 bridgehead atoms. The van der Waals surface area contributed by atoms with Gasteiger partial charge in [-0.3, -0.25) is 9.35 Å². The van der Waals surface area contributed by atoms with Crippen LogP contribution in [0.3, 0.4) is 0 Å². The van der Waals surface area contributed by atoms with Gasteiger partial charge in [0.2, 0.25) is 0 Å². The molecule has 0 spiro atoms. The highest BCUT2D eigenvalue weighted by atomic mass is 35.5. The predicted molar refractivity (Wildman–Crippen MR) is 136 cm³/mol. The molecule has 4 aliphatic rings. The summed E-state index contributed by atoms with van der Waals surface area (Å²) >= 11 is 5.65. The van der Waals surface area contributed by atoms with Crippen molar-refractivity contribution in [3.63, 3.8) is 0 Å². The average Bonchev–Trinajstić information content (AvgIpc) is 3.17. The second kappa shape index (κ2) is 12.6. The zero-order valence-electron chi connectivity index (χ0n) is 20.4. The molecule has 0 saturated heterocycles. The van der Waals surface area contributed by atoms with Crippen molar-refractivity contribution in [2.45, 2.75) is 78.6 Å². The van der Waals surface area contributed by atoms with Gasteiger partial charge in [0.15, 0.2) is 0 Å². The molecule has 5 nitrogen and oxygen atoms in total. The van der Waals surface area contributed by atoms with Gasteiger partial charge in [0, 0.05) is 35.1 Å². The SMILES string of the molecule is CC.CC12CCC3C4CCC(C#CCl)CC4CCC3C1CCC2C(=O)CSS(=O)(=O)O.CO. The maximum Gasteiger partial charge on any atom is 0.320 e. The van der Waals surface area contributed by atoms with Crippen LogP contribution in [-0.2, 0) is 13.9 Å². The molecular formula is C25H41ClO5S2. The van der Waals surface area contributed by atoms with Crippen LogP contribution in [0, 0.1) is 58.1 Å². The summed E-state index contributed by atoms with van der Waals surface area (Å²) in [5.41, 5.74) is -0.00777. The molecule has 0 amide bonds. The molecule has 8 unspecified atom stereocenters. The van der Waals surface area contributed by atoms with Gasteiger partial charge in [-0.25, -0.2) is 0 Å². The second-order valence-corrected chi connectivity index (χ2v) is 13.6. The first-order valence-electron chi connectivity index (χ1n) is 12.4. The number of carbonyl (C=O) groups excluding carboxylic acids is 1. The van der Waals surface area contributed by atoms with E-state index in [-0.39, 0.29) is 22.9 Å². The molecule has 4 rings (SSSR count). The van der Waals surface area contributed by atoms with Gasteiger partial charge in [-0.05, 0) is 104 Å². The van der Waals surface area contributed by atoms with E-state index in [1.165, 1.54) is 38.5 Å². The van der Waals surface area contributed by atoms with Crippen LogP contribution < -0.4 is 0 Å². The van der Waals surface area contributed by atoms with E-state index in [9.17, 15) is 13.2 Å². The van der Waals surface area contributed by atoms with E-state index < -0.39 is 9.15 Å². The minimum absolute atomic E-state index is 0.00455. The van der Waals surface area contributed by atoms with Crippen molar-refractivity contribution >= 4 is 37.3 Å². The molecule has 0 aliphatic heterocycles. The lowest BCUT2D eigenvalue weighted by Crippen LogP contribution is -2.49. The van der Waals surface area contributed by atoms with E-state index in [1.54, 1.807) is 0 Å². The third-order valence-corrected chi connectivity index (χ3v) is 11.0. The number of aliphatic hydroxyl groups excluding tert-OH is 1. The van der Waals surface area contributed by atoms with Crippen molar-refractivity contribution in [2.24, 2.45) is 46.8 Å². The van der Waals surface area contributed by atoms with E-state index in [1.807, 2.05) is 13.8 Å². The minimum atomic E-state index is -4.16. The summed E-state index contributed by atoms with van der Waals surface area (Å²) in [6, 6.07) is 0. The highest BCUT2D eigenvalue weighted by Gasteiger charge is 2.58. The van der Waals surface area contributed by atoms with E-state index >= 15 is 0 Å². The van der Waals surface area contributed by atoms with Crippen LogP contribution in [0.25, 0.3) is 0 Å². The zero-order valence-corrected chi connectivity index (χ0v) is 22.8. The predicted octanol–water partition coefficient (Wildman–Crippen LogP) is 5.81. The number of hydrogen-bond donors (Lipinski definition) is 2. The fraction of sp³-hybridized carbons (Fsp3) is 0.880. The van der Waals surface area contributed by atoms with Crippen molar-refractivity contribution in [1.29, 1.82) is 0 Å². The van der Waals surface area contributed by atoms with Crippen molar-refractivity contribution in [2.75, 3.05) is 12.9 Å². The summed E-state index contributed by atoms with van der Waals surface area (Å²) in [6.45, 7) is 6.28. The number of fused-ring (bicyclic) bond motifs is 5. The topological polar surface area (TPSA) is 91.7 Å². The van der Waals surface area contributed by atoms with Gasteiger partial charge in [-0.1, -0.05) is 26.7 Å². The Kier molecular flexibility index (Phi) is 11.1. The molecule has 4 aliphatic carbocycles. The van der Waals surface area contributed by atoms with Crippen LogP contribution >= 0.6 is 22.4 Å². The monoisotopic (exact) mass is 520 g/mol. The van der Waals surface area contributed by atoms with E-state index in [4.69, 9.17) is 21.3 Å². The van der Waals surface area contributed by atoms with Gasteiger partial charge in [-0.15, -0.1) is 0 Å². The van der Waals surface area contributed by atoms with Crippen molar-refractivity contribution < 1.29 is 22.9 Å². The van der Waals surface area contributed by atoms with Crippen molar-refractivity contribution in [3.8, 4) is 11.3 Å². The number of ketones is 1. The number of rotatable bonds is 4. The highest BCUT2D eigenvalue weighted by molar-refractivity contribution is 8.70. The molecule has 0 heterocycles. The third kappa shape index (κ3) is 6.50. The Morgan fingerprint density at radius 3 is 2.33 bits per heavy atom. The molecule has 0 aromatic heterocycles. The Labute approximate surface area is 209 Å². The first-order valence-corrected chi connectivity index (χ1v) is 15.8. The molecule has 2 N–H and O–H groups in total. The van der Waals surface area contributed by atoms with Crippen LogP contribution in [0.5, 0.6) is 0 Å². The average molecular weight is 521 g/mol. The van der Waals surface area contributed by atoms with Gasteiger partial charge in [0.1, 0.15) is 5.78 Å². The van der Waals surface area contributed by atoms with Gasteiger partial charge in [-0.2, -0.15) is 8.42 Å². The van der Waals surface area contributed by atoms with Gasteiger partial charge >= 0.3 is 9.15 Å². The Balaban J connectivity index is 0.000000914. The van der Waals surface area contributed by atoms with Crippen LogP contribution in [0.15, 0.2) is 0 Å². The largest absolute Gasteiger partial charge is 0.400 e. The number of halogens is 1. The fourth-order valence-corrected chi connectivity index (χ4v) is 9.24. The molecule has 0 aromatic carbocycles. The van der Waals surface area contributed by atoms with Crippen LogP contribution in [0.1, 0.15) is 78.6 Å². The lowest BCUT2D eigenvalue weighted by Gasteiger charge is -2.56. The number of aliphatic hydroxyl groups is 1. The molecule has 4 fully saturated rings. The molecule has 0 aromatic rings. The molecule has 4 saturated carbocycles. The molecule has 33 heavy (non-hydrogen) atoms.